The minimum Gasteiger partial charge on any atom is -0.293 e. The molecule has 0 aliphatic heterocycles. The van der Waals surface area contributed by atoms with Gasteiger partial charge in [-0.2, -0.15) is 4.98 Å². The van der Waals surface area contributed by atoms with Gasteiger partial charge in [-0.25, -0.2) is 15.0 Å². The molecule has 5 aromatic heterocycles. The standard InChI is InChI=1S/C37H23N7/c1-5-17-29-24(12-1)25-13-2-6-18-30(25)43(29)36-33(35-39-22-11-23-40-35)34(28-16-9-10-21-38-28)41-37(42-36)44-31-19-7-3-14-26(31)27-15-4-8-20-32(27)44/h1-23H. The Kier molecular flexibility index (Phi) is 5.36. The summed E-state index contributed by atoms with van der Waals surface area (Å²) in [5.74, 6) is 1.75. The first-order valence-corrected chi connectivity index (χ1v) is 14.4. The molecule has 5 heterocycles. The molecule has 0 N–H and O–H groups in total. The second kappa shape index (κ2) is 9.68. The quantitative estimate of drug-likeness (QED) is 0.215. The van der Waals surface area contributed by atoms with Gasteiger partial charge in [0.1, 0.15) is 5.69 Å². The lowest BCUT2D eigenvalue weighted by molar-refractivity contribution is 0.946. The predicted octanol–water partition coefficient (Wildman–Crippen LogP) is 8.19. The molecule has 0 bridgehead atoms. The maximum Gasteiger partial charge on any atom is 0.237 e. The smallest absolute Gasteiger partial charge is 0.237 e. The summed E-state index contributed by atoms with van der Waals surface area (Å²) in [6.07, 6.45) is 5.29. The summed E-state index contributed by atoms with van der Waals surface area (Å²) < 4.78 is 4.35. The Morgan fingerprint density at radius 2 is 0.886 bits per heavy atom. The van der Waals surface area contributed by atoms with Gasteiger partial charge >= 0.3 is 0 Å². The second-order valence-electron chi connectivity index (χ2n) is 10.6. The van der Waals surface area contributed by atoms with E-state index in [9.17, 15) is 0 Å². The van der Waals surface area contributed by atoms with Crippen molar-refractivity contribution >= 4 is 43.6 Å². The van der Waals surface area contributed by atoms with Crippen LogP contribution in [0.25, 0.3) is 78.2 Å². The molecule has 0 fully saturated rings. The third kappa shape index (κ3) is 3.59. The molecule has 9 aromatic rings. The molecule has 4 aromatic carbocycles. The maximum absolute atomic E-state index is 5.43. The molecule has 7 heteroatoms. The zero-order valence-electron chi connectivity index (χ0n) is 23.4. The van der Waals surface area contributed by atoms with Crippen LogP contribution in [0.5, 0.6) is 0 Å². The van der Waals surface area contributed by atoms with Crippen LogP contribution in [0.4, 0.5) is 0 Å². The molecule has 0 spiro atoms. The molecule has 206 valence electrons. The summed E-state index contributed by atoms with van der Waals surface area (Å²) in [6.45, 7) is 0. The zero-order valence-corrected chi connectivity index (χ0v) is 23.4. The molecule has 44 heavy (non-hydrogen) atoms. The van der Waals surface area contributed by atoms with E-state index in [4.69, 9.17) is 24.9 Å². The minimum absolute atomic E-state index is 0.527. The van der Waals surface area contributed by atoms with Gasteiger partial charge in [0.2, 0.25) is 5.95 Å². The Hall–Kier alpha value is -6.21. The van der Waals surface area contributed by atoms with Gasteiger partial charge in [-0.05, 0) is 42.5 Å². The fraction of sp³-hybridized carbons (Fsp3) is 0. The van der Waals surface area contributed by atoms with Gasteiger partial charge < -0.3 is 0 Å². The van der Waals surface area contributed by atoms with Crippen molar-refractivity contribution in [2.75, 3.05) is 0 Å². The van der Waals surface area contributed by atoms with Gasteiger partial charge in [-0.3, -0.25) is 14.1 Å². The molecule has 0 radical (unpaired) electrons. The number of nitrogens with zero attached hydrogens (tertiary/aromatic N) is 7. The summed E-state index contributed by atoms with van der Waals surface area (Å²) in [5, 5.41) is 4.55. The van der Waals surface area contributed by atoms with E-state index in [1.165, 1.54) is 0 Å². The first kappa shape index (κ1) is 24.4. The molecule has 0 unspecified atom stereocenters. The number of hydrogen-bond acceptors (Lipinski definition) is 5. The Balaban J connectivity index is 1.50. The van der Waals surface area contributed by atoms with E-state index in [1.54, 1.807) is 18.6 Å². The summed E-state index contributed by atoms with van der Waals surface area (Å²) >= 11 is 0. The monoisotopic (exact) mass is 565 g/mol. The molecule has 0 aliphatic carbocycles. The molecule has 9 rings (SSSR count). The van der Waals surface area contributed by atoms with E-state index in [0.29, 0.717) is 34.5 Å². The normalized spacial score (nSPS) is 11.6. The third-order valence-corrected chi connectivity index (χ3v) is 8.15. The van der Waals surface area contributed by atoms with Crippen molar-refractivity contribution in [3.05, 3.63) is 140 Å². The van der Waals surface area contributed by atoms with Crippen molar-refractivity contribution in [3.63, 3.8) is 0 Å². The van der Waals surface area contributed by atoms with Crippen LogP contribution >= 0.6 is 0 Å². The van der Waals surface area contributed by atoms with Crippen LogP contribution in [0.15, 0.2) is 140 Å². The largest absolute Gasteiger partial charge is 0.293 e. The van der Waals surface area contributed by atoms with E-state index in [-0.39, 0.29) is 0 Å². The number of aromatic nitrogens is 7. The average molecular weight is 566 g/mol. The van der Waals surface area contributed by atoms with Crippen molar-refractivity contribution in [2.45, 2.75) is 0 Å². The first-order chi connectivity index (χ1) is 21.9. The highest BCUT2D eigenvalue weighted by molar-refractivity contribution is 6.10. The average Bonchev–Trinajstić information content (AvgIpc) is 3.62. The van der Waals surface area contributed by atoms with Crippen molar-refractivity contribution in [1.29, 1.82) is 0 Å². The SMILES string of the molecule is c1ccc(-c2nc(-n3c4ccccc4c4ccccc43)nc(-n3c4ccccc4c4ccccc43)c2-c2ncccn2)nc1. The lowest BCUT2D eigenvalue weighted by Crippen LogP contribution is -2.11. The van der Waals surface area contributed by atoms with Crippen LogP contribution < -0.4 is 0 Å². The number of hydrogen-bond donors (Lipinski definition) is 0. The first-order valence-electron chi connectivity index (χ1n) is 14.4. The Morgan fingerprint density at radius 1 is 0.409 bits per heavy atom. The molecule has 0 saturated carbocycles. The maximum atomic E-state index is 5.43. The van der Waals surface area contributed by atoms with E-state index < -0.39 is 0 Å². The van der Waals surface area contributed by atoms with E-state index in [1.807, 2.05) is 24.3 Å². The van der Waals surface area contributed by atoms with Gasteiger partial charge in [0.25, 0.3) is 0 Å². The summed E-state index contributed by atoms with van der Waals surface area (Å²) in [7, 11) is 0. The van der Waals surface area contributed by atoms with Crippen LogP contribution in [0.3, 0.4) is 0 Å². The number of fused-ring (bicyclic) bond motifs is 6. The summed E-state index contributed by atoms with van der Waals surface area (Å²) in [4.78, 5) is 24.9. The molecule has 0 saturated heterocycles. The van der Waals surface area contributed by atoms with Gasteiger partial charge in [-0.1, -0.05) is 78.9 Å². The zero-order chi connectivity index (χ0) is 29.0. The summed E-state index contributed by atoms with van der Waals surface area (Å²) in [5.41, 5.74) is 6.19. The van der Waals surface area contributed by atoms with Gasteiger partial charge in [0.05, 0.1) is 33.3 Å². The van der Waals surface area contributed by atoms with E-state index in [0.717, 1.165) is 43.6 Å². The topological polar surface area (TPSA) is 74.3 Å². The highest BCUT2D eigenvalue weighted by atomic mass is 15.2. The fourth-order valence-corrected chi connectivity index (χ4v) is 6.31. The molecular weight excluding hydrogens is 542 g/mol. The Bertz CT molecular complexity index is 2390. The number of pyridine rings is 1. The third-order valence-electron chi connectivity index (χ3n) is 8.15. The highest BCUT2D eigenvalue weighted by Crippen LogP contribution is 2.39. The van der Waals surface area contributed by atoms with Crippen LogP contribution in [0.1, 0.15) is 0 Å². The molecular formula is C37H23N7. The Labute approximate surface area is 251 Å². The molecule has 0 amide bonds. The molecule has 7 nitrogen and oxygen atoms in total. The lowest BCUT2D eigenvalue weighted by Gasteiger charge is -2.18. The van der Waals surface area contributed by atoms with Crippen LogP contribution in [-0.2, 0) is 0 Å². The van der Waals surface area contributed by atoms with Crippen molar-refractivity contribution in [3.8, 4) is 34.5 Å². The van der Waals surface area contributed by atoms with Crippen molar-refractivity contribution in [2.24, 2.45) is 0 Å². The fourth-order valence-electron chi connectivity index (χ4n) is 6.31. The van der Waals surface area contributed by atoms with Crippen LogP contribution in [0, 0.1) is 0 Å². The number of benzene rings is 4. The highest BCUT2D eigenvalue weighted by Gasteiger charge is 2.26. The van der Waals surface area contributed by atoms with Gasteiger partial charge in [0.15, 0.2) is 11.6 Å². The number of rotatable bonds is 4. The van der Waals surface area contributed by atoms with Crippen LogP contribution in [-0.4, -0.2) is 34.1 Å². The van der Waals surface area contributed by atoms with E-state index in [2.05, 4.69) is 106 Å². The second-order valence-corrected chi connectivity index (χ2v) is 10.6. The van der Waals surface area contributed by atoms with Crippen molar-refractivity contribution in [1.82, 2.24) is 34.1 Å². The van der Waals surface area contributed by atoms with Gasteiger partial charge in [0, 0.05) is 40.1 Å². The summed E-state index contributed by atoms with van der Waals surface area (Å²) in [6, 6.07) is 41.3. The predicted molar refractivity (Wildman–Crippen MR) is 175 cm³/mol. The van der Waals surface area contributed by atoms with Crippen LogP contribution in [0.2, 0.25) is 0 Å². The molecule has 0 atom stereocenters. The lowest BCUT2D eigenvalue weighted by atomic mass is 10.1. The van der Waals surface area contributed by atoms with E-state index >= 15 is 0 Å². The Morgan fingerprint density at radius 3 is 1.41 bits per heavy atom. The number of para-hydroxylation sites is 4. The van der Waals surface area contributed by atoms with Crippen molar-refractivity contribution < 1.29 is 0 Å². The van der Waals surface area contributed by atoms with Gasteiger partial charge in [-0.15, -0.1) is 0 Å². The molecule has 0 aliphatic rings. The minimum atomic E-state index is 0.527.